The summed E-state index contributed by atoms with van der Waals surface area (Å²) in [5, 5.41) is 0. The average molecular weight is 1090 g/mol. The van der Waals surface area contributed by atoms with E-state index in [9.17, 15) is 158 Å². The Kier molecular flexibility index (Phi) is 13.8. The molecule has 0 N–H and O–H groups in total. The summed E-state index contributed by atoms with van der Waals surface area (Å²) >= 11 is 0. The summed E-state index contributed by atoms with van der Waals surface area (Å²) in [5.74, 6) is -181. The van der Waals surface area contributed by atoms with Crippen LogP contribution in [0.25, 0.3) is 0 Å². The van der Waals surface area contributed by atoms with Crippen molar-refractivity contribution in [2.24, 2.45) is 0 Å². The van der Waals surface area contributed by atoms with Crippen LogP contribution in [0, 0.1) is 0 Å². The number of alkyl halides is 44. The van der Waals surface area contributed by atoms with E-state index in [4.69, 9.17) is 0 Å². The van der Waals surface area contributed by atoms with Gasteiger partial charge in [-0.1, -0.05) is 0 Å². The van der Waals surface area contributed by atoms with Crippen LogP contribution in [0.15, 0.2) is 0 Å². The summed E-state index contributed by atoms with van der Waals surface area (Å²) in [4.78, 5) is 0. The van der Waals surface area contributed by atoms with Gasteiger partial charge < -0.3 is 0 Å². The van der Waals surface area contributed by atoms with Gasteiger partial charge in [0.05, 0.1) is 0 Å². The minimum atomic E-state index is -14.7. The molecule has 0 aliphatic rings. The molecule has 0 heterocycles. The Hall–Kier alpha value is -3.02. The summed E-state index contributed by atoms with van der Waals surface area (Å²) in [6, 6.07) is 0. The Labute approximate surface area is 320 Å². The third-order valence-electron chi connectivity index (χ3n) is 8.43. The molecule has 0 radical (unpaired) electrons. The fourth-order valence-electron chi connectivity index (χ4n) is 4.79. The van der Waals surface area contributed by atoms with E-state index >= 15 is 35.1 Å². The van der Waals surface area contributed by atoms with Gasteiger partial charge in [-0.05, 0) is 0 Å². The normalized spacial score (nSPS) is 17.5. The van der Waals surface area contributed by atoms with E-state index in [-0.39, 0.29) is 0 Å². The SMILES string of the molecule is FC(F)(F)C(F)(F)C(F)(F)C(F)(F)C(F)(F)[B-](C(F)(F)C(F)(F)C(F)(F)C(F)(F)C(F)(F)F)(C(F)(F)C(F)(F)C(F)(F)C(F)(F)C(F)(F)F)C(F)(F)C(F)(F)C(F)(F)C(F)(F)C(F)(F)F. The molecule has 0 unspecified atom stereocenters. The predicted octanol–water partition coefficient (Wildman–Crippen LogP) is 14.0. The van der Waals surface area contributed by atoms with E-state index in [2.05, 4.69) is 0 Å². The van der Waals surface area contributed by atoms with Crippen molar-refractivity contribution in [1.82, 2.24) is 0 Å². The lowest BCUT2D eigenvalue weighted by molar-refractivity contribution is -0.437. The van der Waals surface area contributed by atoms with Gasteiger partial charge in [0.1, 0.15) is 0 Å². The highest BCUT2D eigenvalue weighted by Crippen LogP contribution is 2.76. The third kappa shape index (κ3) is 6.77. The van der Waals surface area contributed by atoms with Gasteiger partial charge >= 0.3 is 102 Å². The fourth-order valence-corrected chi connectivity index (χ4v) is 4.79. The molecule has 0 aromatic carbocycles. The minimum absolute atomic E-state index is 9.36. The van der Waals surface area contributed by atoms with Crippen molar-refractivity contribution in [3.8, 4) is 0 Å². The second-order valence-electron chi connectivity index (χ2n) is 12.2. The van der Waals surface area contributed by atoms with Gasteiger partial charge in [-0.3, -0.25) is 0 Å². The van der Waals surface area contributed by atoms with Crippen LogP contribution in [0.5, 0.6) is 0 Å². The molecule has 0 aromatic rings. The molecule has 0 fully saturated rings. The number of halogens is 44. The smallest absolute Gasteiger partial charge is 0.244 e. The van der Waals surface area contributed by atoms with E-state index in [0.29, 0.717) is 0 Å². The van der Waals surface area contributed by atoms with Crippen LogP contribution in [0.3, 0.4) is 0 Å². The molecule has 0 bridgehead atoms. The Morgan fingerprint density at radius 3 is 0.292 bits per heavy atom. The van der Waals surface area contributed by atoms with Gasteiger partial charge in [-0.2, -0.15) is 158 Å². The van der Waals surface area contributed by atoms with Gasteiger partial charge in [0.25, 0.3) is 0 Å². The van der Waals surface area contributed by atoms with Crippen molar-refractivity contribution < 1.29 is 193 Å². The maximum atomic E-state index is 15.5. The Balaban J connectivity index is 11.0. The van der Waals surface area contributed by atoms with Gasteiger partial charge in [0.15, 0.2) is 0 Å². The first-order chi connectivity index (χ1) is 27.0. The molecule has 0 spiro atoms. The van der Waals surface area contributed by atoms with Crippen LogP contribution in [-0.4, -0.2) is 125 Å². The maximum Gasteiger partial charge on any atom is 0.460 e. The summed E-state index contributed by atoms with van der Waals surface area (Å²) in [7, 11) is 0. The molecule has 0 aromatic heterocycles. The molecule has 0 rings (SSSR count). The first-order valence-corrected chi connectivity index (χ1v) is 13.5. The Morgan fingerprint density at radius 1 is 0.123 bits per heavy atom. The highest BCUT2D eigenvalue weighted by molar-refractivity contribution is 6.89. The lowest BCUT2D eigenvalue weighted by Crippen LogP contribution is -2.98. The second kappa shape index (κ2) is 14.5. The number of hydrogen-bond acceptors (Lipinski definition) is 0. The molecule has 0 aliphatic carbocycles. The molecule has 0 amide bonds. The molecule has 0 aliphatic heterocycles. The first kappa shape index (κ1) is 62.0. The summed E-state index contributed by atoms with van der Waals surface area (Å²) in [6.07, 6.45) is -52.2. The average Bonchev–Trinajstić information content (AvgIpc) is 3.01. The van der Waals surface area contributed by atoms with Crippen molar-refractivity contribution in [2.45, 2.75) is 119 Å². The molecular formula is C20BF44-. The monoisotopic (exact) mass is 1090 g/mol. The quantitative estimate of drug-likeness (QED) is 0.107. The Morgan fingerprint density at radius 2 is 0.215 bits per heavy atom. The predicted molar refractivity (Wildman–Crippen MR) is 109 cm³/mol. The van der Waals surface area contributed by atoms with Crippen molar-refractivity contribution >= 4 is 6.15 Å². The highest BCUT2D eigenvalue weighted by atomic mass is 19.5. The standard InChI is InChI=1S/C20BF44/c22-1(23,9(38,39)17(54,55)56)5(30,31)13(46,47)21(14(48,49)6(32,33)2(24,25)10(40,41)18(57,58)59,15(50,51)7(34,35)3(26,27)11(42,43)19(60,61)62)16(52,53)8(36,37)4(28,29)12(44,45)20(63,64)65/q-1. The largest absolute Gasteiger partial charge is 0.460 e. The van der Waals surface area contributed by atoms with E-state index in [1.54, 1.807) is 0 Å². The van der Waals surface area contributed by atoms with Crippen molar-refractivity contribution in [2.75, 3.05) is 0 Å². The zero-order chi connectivity index (χ0) is 54.5. The van der Waals surface area contributed by atoms with Crippen LogP contribution in [0.2, 0.25) is 0 Å². The fraction of sp³-hybridized carbons (Fsp3) is 1.00. The number of hydrogen-bond donors (Lipinski definition) is 0. The van der Waals surface area contributed by atoms with E-state index < -0.39 is 125 Å². The van der Waals surface area contributed by atoms with Crippen LogP contribution >= 0.6 is 0 Å². The van der Waals surface area contributed by atoms with Crippen LogP contribution in [-0.2, 0) is 0 Å². The van der Waals surface area contributed by atoms with Crippen LogP contribution in [0.4, 0.5) is 193 Å². The lowest BCUT2D eigenvalue weighted by Gasteiger charge is -2.63. The highest BCUT2D eigenvalue weighted by Gasteiger charge is 3.08. The molecule has 0 atom stereocenters. The van der Waals surface area contributed by atoms with Crippen molar-refractivity contribution in [3.05, 3.63) is 0 Å². The zero-order valence-electron chi connectivity index (χ0n) is 27.2. The van der Waals surface area contributed by atoms with Crippen LogP contribution < -0.4 is 0 Å². The summed E-state index contributed by atoms with van der Waals surface area (Å²) in [6.45, 7) is 0. The van der Waals surface area contributed by atoms with E-state index in [0.717, 1.165) is 0 Å². The third-order valence-corrected chi connectivity index (χ3v) is 8.43. The minimum Gasteiger partial charge on any atom is -0.244 e. The van der Waals surface area contributed by atoms with Gasteiger partial charge in [-0.15, -0.1) is 0 Å². The van der Waals surface area contributed by atoms with E-state index in [1.165, 1.54) is 0 Å². The Bertz CT molecular complexity index is 1470. The molecule has 0 saturated heterocycles. The molecule has 65 heavy (non-hydrogen) atoms. The molecule has 0 saturated carbocycles. The summed E-state index contributed by atoms with van der Waals surface area (Å²) < 4.78 is 611. The zero-order valence-corrected chi connectivity index (χ0v) is 27.2. The van der Waals surface area contributed by atoms with Gasteiger partial charge in [0.2, 0.25) is 23.3 Å². The second-order valence-corrected chi connectivity index (χ2v) is 12.2. The van der Waals surface area contributed by atoms with Gasteiger partial charge in [-0.25, -0.2) is 35.1 Å². The molecule has 0 nitrogen and oxygen atoms in total. The molecule has 45 heteroatoms. The molecule has 392 valence electrons. The lowest BCUT2D eigenvalue weighted by atomic mass is 9.08. The van der Waals surface area contributed by atoms with Crippen molar-refractivity contribution in [3.63, 3.8) is 0 Å². The van der Waals surface area contributed by atoms with Crippen molar-refractivity contribution in [1.29, 1.82) is 0 Å². The topological polar surface area (TPSA) is 0 Å². The number of rotatable bonds is 16. The van der Waals surface area contributed by atoms with Gasteiger partial charge in [0, 0.05) is 0 Å². The molecular weight excluding hydrogens is 1090 g/mol. The summed E-state index contributed by atoms with van der Waals surface area (Å²) in [5.41, 5.74) is 0. The van der Waals surface area contributed by atoms with E-state index in [1.807, 2.05) is 0 Å². The maximum absolute atomic E-state index is 15.5. The first-order valence-electron chi connectivity index (χ1n) is 13.5. The van der Waals surface area contributed by atoms with Crippen LogP contribution in [0.1, 0.15) is 0 Å².